The van der Waals surface area contributed by atoms with Crippen LogP contribution >= 0.6 is 0 Å². The predicted octanol–water partition coefficient (Wildman–Crippen LogP) is 3.40. The minimum absolute atomic E-state index is 0.724. The average molecular weight is 185 g/mol. The molecule has 0 fully saturated rings. The van der Waals surface area contributed by atoms with E-state index in [1.54, 1.807) is 0 Å². The minimum atomic E-state index is 0.724. The van der Waals surface area contributed by atoms with E-state index in [-0.39, 0.29) is 0 Å². The third-order valence-corrected chi connectivity index (χ3v) is 2.92. The Bertz CT molecular complexity index is 120. The molecule has 0 bridgehead atoms. The van der Waals surface area contributed by atoms with Crippen LogP contribution in [0.1, 0.15) is 47.5 Å². The predicted molar refractivity (Wildman–Crippen MR) is 61.0 cm³/mol. The van der Waals surface area contributed by atoms with Gasteiger partial charge in [0.25, 0.3) is 0 Å². The molecule has 1 nitrogen and oxygen atoms in total. The number of nitrogens with zero attached hydrogens (tertiary/aromatic N) is 1. The van der Waals surface area contributed by atoms with Crippen LogP contribution in [0.2, 0.25) is 0 Å². The maximum absolute atomic E-state index is 2.49. The van der Waals surface area contributed by atoms with Crippen molar-refractivity contribution in [1.82, 2.24) is 4.90 Å². The maximum atomic E-state index is 2.49. The van der Waals surface area contributed by atoms with Gasteiger partial charge in [0.05, 0.1) is 0 Å². The maximum Gasteiger partial charge on any atom is 0.00896 e. The first-order valence-electron chi connectivity index (χ1n) is 5.69. The fourth-order valence-electron chi connectivity index (χ4n) is 1.87. The van der Waals surface area contributed by atoms with E-state index in [1.165, 1.54) is 19.4 Å². The molecule has 0 saturated carbocycles. The van der Waals surface area contributed by atoms with E-state index in [9.17, 15) is 0 Å². The van der Waals surface area contributed by atoms with Crippen LogP contribution < -0.4 is 0 Å². The van der Waals surface area contributed by atoms with Crippen molar-refractivity contribution in [1.29, 1.82) is 0 Å². The normalized spacial score (nSPS) is 16.6. The zero-order valence-electron chi connectivity index (χ0n) is 10.3. The molecule has 0 amide bonds. The lowest BCUT2D eigenvalue weighted by atomic mass is 9.97. The van der Waals surface area contributed by atoms with E-state index in [1.807, 2.05) is 0 Å². The molecule has 0 heterocycles. The van der Waals surface area contributed by atoms with Gasteiger partial charge in [0.1, 0.15) is 0 Å². The van der Waals surface area contributed by atoms with Gasteiger partial charge in [0.2, 0.25) is 0 Å². The summed E-state index contributed by atoms with van der Waals surface area (Å²) in [6.07, 6.45) is 2.66. The molecule has 0 rings (SSSR count). The van der Waals surface area contributed by atoms with Crippen LogP contribution in [-0.4, -0.2) is 24.5 Å². The SMILES string of the molecule is CCCC(C)C(C)N(C)CC(C)C. The highest BCUT2D eigenvalue weighted by Gasteiger charge is 2.16. The van der Waals surface area contributed by atoms with Gasteiger partial charge in [-0.25, -0.2) is 0 Å². The first kappa shape index (κ1) is 13.0. The number of hydrogen-bond acceptors (Lipinski definition) is 1. The standard InChI is InChI=1S/C12H27N/c1-7-8-11(4)12(5)13(6)9-10(2)3/h10-12H,7-9H2,1-6H3. The monoisotopic (exact) mass is 185 g/mol. The van der Waals surface area contributed by atoms with Crippen LogP contribution in [0.15, 0.2) is 0 Å². The minimum Gasteiger partial charge on any atom is -0.303 e. The summed E-state index contributed by atoms with van der Waals surface area (Å²) in [6, 6.07) is 0.724. The highest BCUT2D eigenvalue weighted by Crippen LogP contribution is 2.15. The molecule has 2 atom stereocenters. The molecule has 0 aliphatic carbocycles. The third-order valence-electron chi connectivity index (χ3n) is 2.92. The van der Waals surface area contributed by atoms with E-state index >= 15 is 0 Å². The van der Waals surface area contributed by atoms with E-state index in [0.29, 0.717) is 0 Å². The van der Waals surface area contributed by atoms with Crippen molar-refractivity contribution in [3.05, 3.63) is 0 Å². The summed E-state index contributed by atoms with van der Waals surface area (Å²) in [7, 11) is 2.25. The van der Waals surface area contributed by atoms with Crippen LogP contribution in [0.3, 0.4) is 0 Å². The van der Waals surface area contributed by atoms with E-state index in [0.717, 1.165) is 17.9 Å². The van der Waals surface area contributed by atoms with E-state index in [4.69, 9.17) is 0 Å². The zero-order chi connectivity index (χ0) is 10.4. The van der Waals surface area contributed by atoms with Crippen molar-refractivity contribution in [2.75, 3.05) is 13.6 Å². The molecule has 0 aliphatic rings. The molecule has 0 saturated heterocycles. The smallest absolute Gasteiger partial charge is 0.00896 e. The molecule has 0 aromatic rings. The fraction of sp³-hybridized carbons (Fsp3) is 1.00. The molecule has 1 heteroatoms. The first-order valence-corrected chi connectivity index (χ1v) is 5.69. The molecule has 80 valence electrons. The Balaban J connectivity index is 3.85. The van der Waals surface area contributed by atoms with Gasteiger partial charge in [-0.2, -0.15) is 0 Å². The molecule has 0 aromatic heterocycles. The van der Waals surface area contributed by atoms with Gasteiger partial charge in [-0.15, -0.1) is 0 Å². The largest absolute Gasteiger partial charge is 0.303 e. The van der Waals surface area contributed by atoms with Gasteiger partial charge < -0.3 is 4.90 Å². The summed E-state index contributed by atoms with van der Waals surface area (Å²) in [5.74, 6) is 1.61. The van der Waals surface area contributed by atoms with Crippen LogP contribution in [0.25, 0.3) is 0 Å². The molecule has 0 N–H and O–H groups in total. The van der Waals surface area contributed by atoms with Crippen LogP contribution in [-0.2, 0) is 0 Å². The summed E-state index contributed by atoms with van der Waals surface area (Å²) in [5.41, 5.74) is 0. The van der Waals surface area contributed by atoms with Gasteiger partial charge in [-0.1, -0.05) is 34.1 Å². The average Bonchev–Trinajstić information content (AvgIpc) is 2.02. The Morgan fingerprint density at radius 2 is 1.62 bits per heavy atom. The lowest BCUT2D eigenvalue weighted by molar-refractivity contribution is 0.174. The van der Waals surface area contributed by atoms with Crippen molar-refractivity contribution in [3.63, 3.8) is 0 Å². The van der Waals surface area contributed by atoms with Crippen LogP contribution in [0, 0.1) is 11.8 Å². The first-order chi connectivity index (χ1) is 5.99. The van der Waals surface area contributed by atoms with E-state index in [2.05, 4.69) is 46.6 Å². The quantitative estimate of drug-likeness (QED) is 0.613. The second-order valence-corrected chi connectivity index (χ2v) is 4.84. The second-order valence-electron chi connectivity index (χ2n) is 4.84. The summed E-state index contributed by atoms with van der Waals surface area (Å²) in [6.45, 7) is 12.8. The summed E-state index contributed by atoms with van der Waals surface area (Å²) < 4.78 is 0. The molecule has 0 aromatic carbocycles. The summed E-state index contributed by atoms with van der Waals surface area (Å²) in [4.78, 5) is 2.49. The van der Waals surface area contributed by atoms with Gasteiger partial charge in [0, 0.05) is 12.6 Å². The molecule has 13 heavy (non-hydrogen) atoms. The third kappa shape index (κ3) is 5.30. The summed E-state index contributed by atoms with van der Waals surface area (Å²) in [5, 5.41) is 0. The van der Waals surface area contributed by atoms with Crippen molar-refractivity contribution in [3.8, 4) is 0 Å². The molecule has 2 unspecified atom stereocenters. The second kappa shape index (κ2) is 6.42. The van der Waals surface area contributed by atoms with Gasteiger partial charge >= 0.3 is 0 Å². The Morgan fingerprint density at radius 1 is 1.08 bits per heavy atom. The Morgan fingerprint density at radius 3 is 2.00 bits per heavy atom. The van der Waals surface area contributed by atoms with Crippen LogP contribution in [0.4, 0.5) is 0 Å². The molecule has 0 aliphatic heterocycles. The summed E-state index contributed by atoms with van der Waals surface area (Å²) >= 11 is 0. The van der Waals surface area contributed by atoms with Crippen LogP contribution in [0.5, 0.6) is 0 Å². The van der Waals surface area contributed by atoms with Gasteiger partial charge in [-0.05, 0) is 32.2 Å². The highest BCUT2D eigenvalue weighted by atomic mass is 15.1. The topological polar surface area (TPSA) is 3.24 Å². The molecular formula is C12H27N. The lowest BCUT2D eigenvalue weighted by Crippen LogP contribution is -2.36. The van der Waals surface area contributed by atoms with Gasteiger partial charge in [0.15, 0.2) is 0 Å². The fourth-order valence-corrected chi connectivity index (χ4v) is 1.87. The highest BCUT2D eigenvalue weighted by molar-refractivity contribution is 4.70. The Labute approximate surface area is 84.5 Å². The molecule has 0 spiro atoms. The number of hydrogen-bond donors (Lipinski definition) is 0. The van der Waals surface area contributed by atoms with Crippen molar-refractivity contribution in [2.24, 2.45) is 11.8 Å². The Kier molecular flexibility index (Phi) is 6.40. The lowest BCUT2D eigenvalue weighted by Gasteiger charge is -2.31. The van der Waals surface area contributed by atoms with Crippen molar-refractivity contribution >= 4 is 0 Å². The van der Waals surface area contributed by atoms with Gasteiger partial charge in [-0.3, -0.25) is 0 Å². The zero-order valence-corrected chi connectivity index (χ0v) is 10.3. The molecule has 0 radical (unpaired) electrons. The van der Waals surface area contributed by atoms with Crippen molar-refractivity contribution in [2.45, 2.75) is 53.5 Å². The Hall–Kier alpha value is -0.0400. The van der Waals surface area contributed by atoms with E-state index < -0.39 is 0 Å². The molecular weight excluding hydrogens is 158 g/mol. The number of rotatable bonds is 6. The van der Waals surface area contributed by atoms with Crippen molar-refractivity contribution < 1.29 is 0 Å².